The quantitative estimate of drug-likeness (QED) is 0.575. The Morgan fingerprint density at radius 1 is 1.12 bits per heavy atom. The molecule has 1 aliphatic rings. The van der Waals surface area contributed by atoms with Gasteiger partial charge in [-0.25, -0.2) is 4.90 Å². The molecule has 1 aliphatic heterocycles. The first-order valence-corrected chi connectivity index (χ1v) is 5.31. The number of carbonyl (C=O) groups excluding carboxylic acids is 2. The smallest absolute Gasteiger partial charge is 0.259 e. The van der Waals surface area contributed by atoms with E-state index in [4.69, 9.17) is 10.5 Å². The highest BCUT2D eigenvalue weighted by Crippen LogP contribution is 2.27. The van der Waals surface area contributed by atoms with Crippen LogP contribution in [0.2, 0.25) is 0 Å². The molecule has 0 spiro atoms. The standard InChI is InChI=1S/C12H14N2O3/c1-7-4-10(8(2)3-9(7)13)14-11(15)5-17-6-12(14)16/h3-4H,5-6,13H2,1-2H3. The van der Waals surface area contributed by atoms with Crippen LogP contribution in [0.3, 0.4) is 0 Å². The number of ether oxygens (including phenoxy) is 1. The summed E-state index contributed by atoms with van der Waals surface area (Å²) in [6, 6.07) is 3.52. The molecule has 17 heavy (non-hydrogen) atoms. The second-order valence-corrected chi connectivity index (χ2v) is 4.11. The maximum Gasteiger partial charge on any atom is 0.259 e. The van der Waals surface area contributed by atoms with E-state index in [2.05, 4.69) is 0 Å². The highest BCUT2D eigenvalue weighted by atomic mass is 16.5. The van der Waals surface area contributed by atoms with Crippen LogP contribution < -0.4 is 10.6 Å². The first-order chi connectivity index (χ1) is 8.00. The molecule has 2 rings (SSSR count). The van der Waals surface area contributed by atoms with Gasteiger partial charge in [-0.2, -0.15) is 0 Å². The number of imide groups is 1. The molecular weight excluding hydrogens is 220 g/mol. The van der Waals surface area contributed by atoms with Crippen LogP contribution in [-0.4, -0.2) is 25.0 Å². The zero-order valence-electron chi connectivity index (χ0n) is 9.82. The number of rotatable bonds is 1. The van der Waals surface area contributed by atoms with Crippen LogP contribution in [-0.2, 0) is 14.3 Å². The Kier molecular flexibility index (Phi) is 2.85. The van der Waals surface area contributed by atoms with Crippen LogP contribution >= 0.6 is 0 Å². The van der Waals surface area contributed by atoms with Gasteiger partial charge in [-0.3, -0.25) is 9.59 Å². The van der Waals surface area contributed by atoms with Crippen LogP contribution in [0.15, 0.2) is 12.1 Å². The summed E-state index contributed by atoms with van der Waals surface area (Å²) < 4.78 is 4.87. The van der Waals surface area contributed by atoms with E-state index >= 15 is 0 Å². The normalized spacial score (nSPS) is 16.5. The second kappa shape index (κ2) is 4.18. The topological polar surface area (TPSA) is 72.6 Å². The van der Waals surface area contributed by atoms with Crippen molar-refractivity contribution in [2.75, 3.05) is 23.8 Å². The summed E-state index contributed by atoms with van der Waals surface area (Å²) in [7, 11) is 0. The average Bonchev–Trinajstić information content (AvgIpc) is 2.25. The number of aryl methyl sites for hydroxylation is 2. The zero-order chi connectivity index (χ0) is 12.6. The van der Waals surface area contributed by atoms with Crippen LogP contribution in [0, 0.1) is 13.8 Å². The second-order valence-electron chi connectivity index (χ2n) is 4.11. The molecule has 0 atom stereocenters. The van der Waals surface area contributed by atoms with E-state index < -0.39 is 0 Å². The van der Waals surface area contributed by atoms with E-state index in [-0.39, 0.29) is 25.0 Å². The van der Waals surface area contributed by atoms with Gasteiger partial charge in [0, 0.05) is 5.69 Å². The Hall–Kier alpha value is -1.88. The van der Waals surface area contributed by atoms with Crippen molar-refractivity contribution in [1.29, 1.82) is 0 Å². The van der Waals surface area contributed by atoms with Gasteiger partial charge in [-0.1, -0.05) is 0 Å². The molecule has 5 nitrogen and oxygen atoms in total. The number of nitrogen functional groups attached to an aromatic ring is 1. The minimum atomic E-state index is -0.339. The molecule has 1 aromatic carbocycles. The number of hydrogen-bond acceptors (Lipinski definition) is 4. The Labute approximate surface area is 99.2 Å². The highest BCUT2D eigenvalue weighted by Gasteiger charge is 2.29. The fourth-order valence-corrected chi connectivity index (χ4v) is 1.83. The van der Waals surface area contributed by atoms with Crippen LogP contribution in [0.25, 0.3) is 0 Å². The van der Waals surface area contributed by atoms with Crippen LogP contribution in [0.1, 0.15) is 11.1 Å². The third kappa shape index (κ3) is 2.01. The first-order valence-electron chi connectivity index (χ1n) is 5.31. The van der Waals surface area contributed by atoms with Crippen LogP contribution in [0.5, 0.6) is 0 Å². The molecule has 90 valence electrons. The number of anilines is 2. The van der Waals surface area contributed by atoms with E-state index in [9.17, 15) is 9.59 Å². The summed E-state index contributed by atoms with van der Waals surface area (Å²) in [5.41, 5.74) is 8.67. The van der Waals surface area contributed by atoms with E-state index in [0.717, 1.165) is 11.1 Å². The zero-order valence-corrected chi connectivity index (χ0v) is 9.82. The molecule has 5 heteroatoms. The van der Waals surface area contributed by atoms with Gasteiger partial charge in [0.05, 0.1) is 5.69 Å². The monoisotopic (exact) mass is 234 g/mol. The highest BCUT2D eigenvalue weighted by molar-refractivity contribution is 6.17. The number of benzene rings is 1. The van der Waals surface area contributed by atoms with Crippen molar-refractivity contribution in [1.82, 2.24) is 0 Å². The summed E-state index contributed by atoms with van der Waals surface area (Å²) in [4.78, 5) is 24.6. The maximum atomic E-state index is 11.7. The van der Waals surface area contributed by atoms with Crippen molar-refractivity contribution in [3.63, 3.8) is 0 Å². The molecule has 0 aliphatic carbocycles. The number of carbonyl (C=O) groups is 2. The number of morpholine rings is 1. The van der Waals surface area contributed by atoms with Crippen molar-refractivity contribution in [2.24, 2.45) is 0 Å². The van der Waals surface area contributed by atoms with Gasteiger partial charge in [0.15, 0.2) is 0 Å². The Morgan fingerprint density at radius 2 is 1.71 bits per heavy atom. The van der Waals surface area contributed by atoms with Crippen molar-refractivity contribution < 1.29 is 14.3 Å². The van der Waals surface area contributed by atoms with Crippen molar-refractivity contribution in [3.05, 3.63) is 23.3 Å². The predicted molar refractivity (Wildman–Crippen MR) is 63.6 cm³/mol. The minimum Gasteiger partial charge on any atom is -0.399 e. The molecular formula is C12H14N2O3. The first kappa shape index (κ1) is 11.6. The molecule has 1 heterocycles. The largest absolute Gasteiger partial charge is 0.399 e. The molecule has 1 aromatic rings. The predicted octanol–water partition coefficient (Wildman–Crippen LogP) is 0.775. The number of hydrogen-bond donors (Lipinski definition) is 1. The molecule has 0 bridgehead atoms. The van der Waals surface area contributed by atoms with Gasteiger partial charge in [0.25, 0.3) is 11.8 Å². The summed E-state index contributed by atoms with van der Waals surface area (Å²) >= 11 is 0. The lowest BCUT2D eigenvalue weighted by Crippen LogP contribution is -2.46. The summed E-state index contributed by atoms with van der Waals surface area (Å²) in [5.74, 6) is -0.679. The average molecular weight is 234 g/mol. The van der Waals surface area contributed by atoms with Gasteiger partial charge in [0.1, 0.15) is 13.2 Å². The molecule has 2 N–H and O–H groups in total. The molecule has 1 fully saturated rings. The number of amides is 2. The number of nitrogens with two attached hydrogens (primary N) is 1. The van der Waals surface area contributed by atoms with Gasteiger partial charge in [-0.15, -0.1) is 0 Å². The van der Waals surface area contributed by atoms with E-state index in [0.29, 0.717) is 11.4 Å². The van der Waals surface area contributed by atoms with Gasteiger partial charge < -0.3 is 10.5 Å². The molecule has 0 radical (unpaired) electrons. The molecule has 2 amide bonds. The molecule has 0 aromatic heterocycles. The van der Waals surface area contributed by atoms with Crippen molar-refractivity contribution in [2.45, 2.75) is 13.8 Å². The molecule has 0 unspecified atom stereocenters. The molecule has 1 saturated heterocycles. The number of nitrogens with zero attached hydrogens (tertiary/aromatic N) is 1. The van der Waals surface area contributed by atoms with E-state index in [1.807, 2.05) is 13.8 Å². The van der Waals surface area contributed by atoms with E-state index in [1.165, 1.54) is 4.90 Å². The Bertz CT molecular complexity index is 481. The fourth-order valence-electron chi connectivity index (χ4n) is 1.83. The fraction of sp³-hybridized carbons (Fsp3) is 0.333. The SMILES string of the molecule is Cc1cc(N2C(=O)COCC2=O)c(C)cc1N. The minimum absolute atomic E-state index is 0.0609. The summed E-state index contributed by atoms with van der Waals surface area (Å²) in [6.07, 6.45) is 0. The molecule has 0 saturated carbocycles. The van der Waals surface area contributed by atoms with Crippen molar-refractivity contribution >= 4 is 23.2 Å². The van der Waals surface area contributed by atoms with Crippen LogP contribution in [0.4, 0.5) is 11.4 Å². The van der Waals surface area contributed by atoms with Crippen molar-refractivity contribution in [3.8, 4) is 0 Å². The Morgan fingerprint density at radius 3 is 2.29 bits per heavy atom. The van der Waals surface area contributed by atoms with E-state index in [1.54, 1.807) is 12.1 Å². The third-order valence-corrected chi connectivity index (χ3v) is 2.78. The summed E-state index contributed by atoms with van der Waals surface area (Å²) in [5, 5.41) is 0. The lowest BCUT2D eigenvalue weighted by Gasteiger charge is -2.26. The van der Waals surface area contributed by atoms with Gasteiger partial charge in [-0.05, 0) is 37.1 Å². The van der Waals surface area contributed by atoms with Gasteiger partial charge in [0.2, 0.25) is 0 Å². The maximum absolute atomic E-state index is 11.7. The Balaban J connectivity index is 2.48. The summed E-state index contributed by atoms with van der Waals surface area (Å²) in [6.45, 7) is 3.54. The van der Waals surface area contributed by atoms with Gasteiger partial charge >= 0.3 is 0 Å². The third-order valence-electron chi connectivity index (χ3n) is 2.78. The lowest BCUT2D eigenvalue weighted by molar-refractivity contribution is -0.138. The lowest BCUT2D eigenvalue weighted by atomic mass is 10.1.